The van der Waals surface area contributed by atoms with E-state index in [9.17, 15) is 4.79 Å². The Morgan fingerprint density at radius 3 is 1.86 bits per heavy atom. The predicted octanol–water partition coefficient (Wildman–Crippen LogP) is 9.11. The number of ether oxygens (including phenoxy) is 1. The van der Waals surface area contributed by atoms with Gasteiger partial charge >= 0.3 is 5.97 Å². The first kappa shape index (κ1) is 34.9. The van der Waals surface area contributed by atoms with Crippen molar-refractivity contribution in [3.8, 4) is 0 Å². The fourth-order valence-electron chi connectivity index (χ4n) is 10.5. The SMILES string of the molecule is COC(=O)CC[C@@H](C)[C@H]1CCC2C3C(CC[C@@]21C)[C@@]1(C)CC[C@@H](O[Si](C)(C)C)C(O[Si](C)(C)C)[C@H]1C[C@@H]3O[Si](C)(C)C. The third kappa shape index (κ3) is 7.35. The molecule has 0 bridgehead atoms. The maximum absolute atomic E-state index is 12.0. The van der Waals surface area contributed by atoms with Crippen molar-refractivity contribution >= 4 is 30.9 Å². The number of esters is 1. The standard InChI is InChI=1S/C34H66O5Si3/c1-23(14-17-30(35)36-4)24-15-16-25-31-26(18-20-33(24,25)2)34(3)21-19-28(37-40(5,6)7)32(39-42(11,12)13)27(34)22-29(31)38-41(8,9)10/h23-29,31-32H,14-22H2,1-13H3/t23-,24-,25?,26?,27-,28-,29+,31?,32?,33-,34-/m1/s1. The van der Waals surface area contributed by atoms with Crippen LogP contribution >= 0.6 is 0 Å². The summed E-state index contributed by atoms with van der Waals surface area (Å²) >= 11 is 0. The van der Waals surface area contributed by atoms with Crippen LogP contribution in [0.25, 0.3) is 0 Å². The van der Waals surface area contributed by atoms with Crippen LogP contribution in [0.15, 0.2) is 0 Å². The van der Waals surface area contributed by atoms with Crippen LogP contribution in [0.2, 0.25) is 58.9 Å². The van der Waals surface area contributed by atoms with Gasteiger partial charge in [-0.3, -0.25) is 4.79 Å². The molecule has 8 heteroatoms. The van der Waals surface area contributed by atoms with Gasteiger partial charge in [-0.05, 0) is 157 Å². The summed E-state index contributed by atoms with van der Waals surface area (Å²) in [6.07, 6.45) is 10.9. The summed E-state index contributed by atoms with van der Waals surface area (Å²) in [7, 11) is -3.76. The largest absolute Gasteiger partial charge is 0.469 e. The molecule has 0 aromatic carbocycles. The second-order valence-corrected chi connectivity index (χ2v) is 31.6. The van der Waals surface area contributed by atoms with Gasteiger partial charge in [0.1, 0.15) is 0 Å². The van der Waals surface area contributed by atoms with Crippen molar-refractivity contribution in [1.29, 1.82) is 0 Å². The summed E-state index contributed by atoms with van der Waals surface area (Å²) < 4.78 is 26.4. The molecule has 11 atom stereocenters. The highest BCUT2D eigenvalue weighted by Crippen LogP contribution is 2.69. The maximum Gasteiger partial charge on any atom is 0.305 e. The highest BCUT2D eigenvalue weighted by molar-refractivity contribution is 6.70. The van der Waals surface area contributed by atoms with Crippen LogP contribution in [0.4, 0.5) is 0 Å². The normalized spacial score (nSPS) is 41.5. The Labute approximate surface area is 262 Å². The molecular formula is C34H66O5Si3. The van der Waals surface area contributed by atoms with E-state index in [1.165, 1.54) is 39.2 Å². The molecule has 4 aliphatic rings. The Hall–Kier alpha value is 0.000649. The molecule has 0 heterocycles. The summed E-state index contributed by atoms with van der Waals surface area (Å²) in [5, 5.41) is 0. The first-order chi connectivity index (χ1) is 19.2. The molecule has 0 N–H and O–H groups in total. The van der Waals surface area contributed by atoms with Gasteiger partial charge in [0.2, 0.25) is 0 Å². The molecule has 0 spiro atoms. The number of fused-ring (bicyclic) bond motifs is 5. The molecule has 4 rings (SSSR count). The van der Waals surface area contributed by atoms with E-state index in [2.05, 4.69) is 79.7 Å². The highest BCUT2D eigenvalue weighted by Gasteiger charge is 2.65. The van der Waals surface area contributed by atoms with E-state index in [1.54, 1.807) is 0 Å². The molecule has 5 nitrogen and oxygen atoms in total. The Morgan fingerprint density at radius 1 is 0.738 bits per heavy atom. The number of rotatable bonds is 10. The van der Waals surface area contributed by atoms with Crippen LogP contribution in [-0.2, 0) is 22.8 Å². The van der Waals surface area contributed by atoms with Gasteiger partial charge in [0.25, 0.3) is 0 Å². The Bertz CT molecular complexity index is 954. The van der Waals surface area contributed by atoms with Gasteiger partial charge in [0.05, 0.1) is 19.3 Å². The van der Waals surface area contributed by atoms with Gasteiger partial charge in [-0.1, -0.05) is 20.8 Å². The van der Waals surface area contributed by atoms with Crippen molar-refractivity contribution < 1.29 is 22.8 Å². The zero-order chi connectivity index (χ0) is 31.5. The lowest BCUT2D eigenvalue weighted by atomic mass is 9.43. The fourth-order valence-corrected chi connectivity index (χ4v) is 14.0. The van der Waals surface area contributed by atoms with E-state index in [4.69, 9.17) is 18.0 Å². The first-order valence-corrected chi connectivity index (χ1v) is 27.5. The van der Waals surface area contributed by atoms with E-state index >= 15 is 0 Å². The van der Waals surface area contributed by atoms with Crippen molar-refractivity contribution in [2.24, 2.45) is 46.3 Å². The van der Waals surface area contributed by atoms with Gasteiger partial charge in [0.15, 0.2) is 25.0 Å². The number of methoxy groups -OCH3 is 1. The molecule has 4 aliphatic carbocycles. The highest BCUT2D eigenvalue weighted by atomic mass is 28.4. The second kappa shape index (κ2) is 12.3. The molecular weight excluding hydrogens is 573 g/mol. The lowest BCUT2D eigenvalue weighted by Gasteiger charge is -2.65. The molecule has 244 valence electrons. The van der Waals surface area contributed by atoms with Crippen molar-refractivity contribution in [2.45, 2.75) is 156 Å². The molecule has 4 unspecified atom stereocenters. The summed E-state index contributed by atoms with van der Waals surface area (Å²) in [5.41, 5.74) is 0.594. The van der Waals surface area contributed by atoms with E-state index in [-0.39, 0.29) is 23.6 Å². The zero-order valence-corrected chi connectivity index (χ0v) is 32.6. The summed E-state index contributed by atoms with van der Waals surface area (Å²) in [6, 6.07) is 0. The first-order valence-electron chi connectivity index (χ1n) is 17.3. The summed E-state index contributed by atoms with van der Waals surface area (Å²) in [6.45, 7) is 28.9. The molecule has 42 heavy (non-hydrogen) atoms. The lowest BCUT2D eigenvalue weighted by Crippen LogP contribution is -2.65. The topological polar surface area (TPSA) is 54.0 Å². The van der Waals surface area contributed by atoms with Gasteiger partial charge in [0, 0.05) is 12.5 Å². The van der Waals surface area contributed by atoms with Crippen molar-refractivity contribution in [1.82, 2.24) is 0 Å². The third-order valence-corrected chi connectivity index (χ3v) is 15.0. The Morgan fingerprint density at radius 2 is 1.29 bits per heavy atom. The average Bonchev–Trinajstić information content (AvgIpc) is 3.19. The van der Waals surface area contributed by atoms with Crippen LogP contribution in [0.3, 0.4) is 0 Å². The fraction of sp³-hybridized carbons (Fsp3) is 0.971. The van der Waals surface area contributed by atoms with Gasteiger partial charge < -0.3 is 18.0 Å². The molecule has 4 saturated carbocycles. The van der Waals surface area contributed by atoms with Crippen LogP contribution in [0.1, 0.15) is 78.6 Å². The zero-order valence-electron chi connectivity index (χ0n) is 29.6. The average molecular weight is 639 g/mol. The van der Waals surface area contributed by atoms with Crippen molar-refractivity contribution in [3.63, 3.8) is 0 Å². The molecule has 0 aliphatic heterocycles. The minimum absolute atomic E-state index is 0.0658. The molecule has 4 fully saturated rings. The van der Waals surface area contributed by atoms with E-state index in [0.717, 1.165) is 19.3 Å². The third-order valence-electron chi connectivity index (χ3n) is 12.0. The second-order valence-electron chi connectivity index (χ2n) is 18.2. The quantitative estimate of drug-likeness (QED) is 0.176. The predicted molar refractivity (Wildman–Crippen MR) is 181 cm³/mol. The van der Waals surface area contributed by atoms with Crippen molar-refractivity contribution in [2.75, 3.05) is 7.11 Å². The van der Waals surface area contributed by atoms with Crippen LogP contribution in [-0.4, -0.2) is 56.3 Å². The lowest BCUT2D eigenvalue weighted by molar-refractivity contribution is -0.197. The van der Waals surface area contributed by atoms with Gasteiger partial charge in [-0.2, -0.15) is 0 Å². The van der Waals surface area contributed by atoms with Crippen LogP contribution in [0, 0.1) is 46.3 Å². The smallest absolute Gasteiger partial charge is 0.305 e. The number of hydrogen-bond acceptors (Lipinski definition) is 5. The number of hydrogen-bond donors (Lipinski definition) is 0. The summed E-state index contributed by atoms with van der Waals surface area (Å²) in [4.78, 5) is 12.0. The Kier molecular flexibility index (Phi) is 10.2. The summed E-state index contributed by atoms with van der Waals surface area (Å²) in [5.74, 6) is 3.65. The molecule has 0 saturated heterocycles. The molecule has 0 radical (unpaired) electrons. The molecule has 0 amide bonds. The van der Waals surface area contributed by atoms with Gasteiger partial charge in [-0.15, -0.1) is 0 Å². The van der Waals surface area contributed by atoms with E-state index in [1.807, 2.05) is 0 Å². The van der Waals surface area contributed by atoms with Crippen molar-refractivity contribution in [3.05, 3.63) is 0 Å². The van der Waals surface area contributed by atoms with Crippen LogP contribution in [0.5, 0.6) is 0 Å². The molecule has 0 aromatic heterocycles. The van der Waals surface area contributed by atoms with E-state index < -0.39 is 25.0 Å². The monoisotopic (exact) mass is 638 g/mol. The van der Waals surface area contributed by atoms with Crippen LogP contribution < -0.4 is 0 Å². The minimum atomic E-state index is -1.79. The van der Waals surface area contributed by atoms with E-state index in [0.29, 0.717) is 53.4 Å². The minimum Gasteiger partial charge on any atom is -0.469 e. The maximum atomic E-state index is 12.0. The number of carbonyl (C=O) groups excluding carboxylic acids is 1. The Balaban J connectivity index is 1.68. The number of carbonyl (C=O) groups is 1. The molecule has 0 aromatic rings. The van der Waals surface area contributed by atoms with Gasteiger partial charge in [-0.25, -0.2) is 0 Å².